The minimum absolute atomic E-state index is 0.0926. The topological polar surface area (TPSA) is 53.0 Å². The second-order valence-corrected chi connectivity index (χ2v) is 10.4. The number of nitrogens with zero attached hydrogens (tertiary/aromatic N) is 2. The summed E-state index contributed by atoms with van der Waals surface area (Å²) in [6.45, 7) is 11.1. The number of aryl methyl sites for hydroxylation is 1. The number of benzene rings is 1. The van der Waals surface area contributed by atoms with E-state index in [1.807, 2.05) is 0 Å². The number of aliphatic hydroxyl groups is 1. The highest BCUT2D eigenvalue weighted by molar-refractivity contribution is 5.76. The number of allylic oxidation sites excluding steroid dienone is 1. The van der Waals surface area contributed by atoms with Crippen molar-refractivity contribution in [2.75, 3.05) is 37.6 Å². The molecule has 6 atom stereocenters. The van der Waals surface area contributed by atoms with Gasteiger partial charge in [0.25, 0.3) is 0 Å². The van der Waals surface area contributed by atoms with Crippen LogP contribution < -0.4 is 4.90 Å². The molecule has 5 rings (SSSR count). The molecule has 3 fully saturated rings. The number of hydrogen-bond acceptors (Lipinski definition) is 5. The lowest BCUT2D eigenvalue weighted by Gasteiger charge is -2.52. The number of fused-ring (bicyclic) bond motifs is 2. The number of hydrogen-bond donors (Lipinski definition) is 1. The van der Waals surface area contributed by atoms with E-state index >= 15 is 0 Å². The number of carbonyl (C=O) groups is 1. The van der Waals surface area contributed by atoms with E-state index in [1.54, 1.807) is 0 Å². The Bertz CT molecular complexity index is 875. The summed E-state index contributed by atoms with van der Waals surface area (Å²) in [7, 11) is 0. The van der Waals surface area contributed by atoms with Gasteiger partial charge in [-0.1, -0.05) is 37.6 Å². The summed E-state index contributed by atoms with van der Waals surface area (Å²) >= 11 is 0. The maximum absolute atomic E-state index is 12.9. The summed E-state index contributed by atoms with van der Waals surface area (Å²) in [6.07, 6.45) is 4.59. The summed E-state index contributed by atoms with van der Waals surface area (Å²) < 4.78 is 5.85. The Morgan fingerprint density at radius 3 is 2.74 bits per heavy atom. The van der Waals surface area contributed by atoms with E-state index in [1.165, 1.54) is 16.8 Å². The zero-order chi connectivity index (χ0) is 21.8. The largest absolute Gasteiger partial charge is 0.461 e. The molecule has 31 heavy (non-hydrogen) atoms. The normalized spacial score (nSPS) is 38.3. The fourth-order valence-electron chi connectivity index (χ4n) is 6.57. The van der Waals surface area contributed by atoms with Crippen molar-refractivity contribution in [2.45, 2.75) is 52.2 Å². The predicted molar refractivity (Wildman–Crippen MR) is 122 cm³/mol. The second kappa shape index (κ2) is 7.93. The first-order valence-corrected chi connectivity index (χ1v) is 12.0. The number of aliphatic hydroxyl groups excluding tert-OH is 1. The smallest absolute Gasteiger partial charge is 0.311 e. The summed E-state index contributed by atoms with van der Waals surface area (Å²) in [4.78, 5) is 17.7. The van der Waals surface area contributed by atoms with Crippen molar-refractivity contribution in [1.29, 1.82) is 0 Å². The molecule has 2 saturated heterocycles. The Kier molecular flexibility index (Phi) is 5.38. The SMILES string of the molecule is Cc1cccc(N2CCN(C[C@H]3C(=O)O[C@@H]4CC5=CCC[C@@H](C)[C@@]5(C)[C@H](O)[C@H]43)CC2)c1. The van der Waals surface area contributed by atoms with Crippen LogP contribution in [-0.2, 0) is 9.53 Å². The van der Waals surface area contributed by atoms with E-state index in [2.05, 4.69) is 60.9 Å². The molecule has 5 heteroatoms. The van der Waals surface area contributed by atoms with Crippen LogP contribution in [0.5, 0.6) is 0 Å². The van der Waals surface area contributed by atoms with Crippen LogP contribution in [0.15, 0.2) is 35.9 Å². The fraction of sp³-hybridized carbons (Fsp3) is 0.654. The van der Waals surface area contributed by atoms with Gasteiger partial charge in [-0.2, -0.15) is 0 Å². The van der Waals surface area contributed by atoms with Crippen LogP contribution in [0.4, 0.5) is 5.69 Å². The van der Waals surface area contributed by atoms with Crippen LogP contribution in [0.3, 0.4) is 0 Å². The fourth-order valence-corrected chi connectivity index (χ4v) is 6.57. The lowest BCUT2D eigenvalue weighted by Crippen LogP contribution is -2.55. The number of carbonyl (C=O) groups excluding carboxylic acids is 1. The van der Waals surface area contributed by atoms with Crippen molar-refractivity contribution in [3.63, 3.8) is 0 Å². The maximum Gasteiger partial charge on any atom is 0.311 e. The van der Waals surface area contributed by atoms with Crippen molar-refractivity contribution in [3.05, 3.63) is 41.5 Å². The lowest BCUT2D eigenvalue weighted by atomic mass is 9.55. The van der Waals surface area contributed by atoms with Gasteiger partial charge in [0, 0.05) is 56.2 Å². The summed E-state index contributed by atoms with van der Waals surface area (Å²) in [6, 6.07) is 8.67. The molecular formula is C26H36N2O3. The first-order valence-electron chi connectivity index (χ1n) is 12.0. The third kappa shape index (κ3) is 3.50. The molecule has 2 heterocycles. The molecule has 0 spiro atoms. The predicted octanol–water partition coefficient (Wildman–Crippen LogP) is 3.40. The minimum Gasteiger partial charge on any atom is -0.461 e. The van der Waals surface area contributed by atoms with E-state index in [0.29, 0.717) is 12.5 Å². The molecule has 2 aliphatic carbocycles. The standard InChI is InChI=1S/C26H36N2O3/c1-17-6-4-9-20(14-17)28-12-10-27(11-13-28)16-21-23-22(31-25(21)30)15-19-8-5-7-18(2)26(19,3)24(23)29/h4,6,8-9,14,18,21-24,29H,5,7,10-13,15-16H2,1-3H3/t18-,21-,22-,23+,24-,26-/m1/s1. The first-order chi connectivity index (χ1) is 14.9. The zero-order valence-electron chi connectivity index (χ0n) is 19.1. The average Bonchev–Trinajstić information content (AvgIpc) is 3.06. The molecule has 0 radical (unpaired) electrons. The van der Waals surface area contributed by atoms with Gasteiger partial charge in [0.05, 0.1) is 12.0 Å². The summed E-state index contributed by atoms with van der Waals surface area (Å²) in [5.41, 5.74) is 3.64. The van der Waals surface area contributed by atoms with Crippen LogP contribution in [0.1, 0.15) is 38.7 Å². The van der Waals surface area contributed by atoms with E-state index in [9.17, 15) is 9.90 Å². The van der Waals surface area contributed by atoms with Gasteiger partial charge in [-0.05, 0) is 43.4 Å². The molecule has 2 aliphatic heterocycles. The van der Waals surface area contributed by atoms with Gasteiger partial charge in [0.15, 0.2) is 0 Å². The van der Waals surface area contributed by atoms with Crippen molar-refractivity contribution in [1.82, 2.24) is 4.90 Å². The quantitative estimate of drug-likeness (QED) is 0.595. The summed E-state index contributed by atoms with van der Waals surface area (Å²) in [5, 5.41) is 11.5. The highest BCUT2D eigenvalue weighted by Crippen LogP contribution is 2.56. The van der Waals surface area contributed by atoms with Gasteiger partial charge in [0.2, 0.25) is 0 Å². The molecule has 4 aliphatic rings. The Balaban J connectivity index is 1.28. The van der Waals surface area contributed by atoms with Crippen LogP contribution in [0, 0.1) is 30.1 Å². The van der Waals surface area contributed by atoms with Crippen molar-refractivity contribution < 1.29 is 14.6 Å². The second-order valence-electron chi connectivity index (χ2n) is 10.4. The van der Waals surface area contributed by atoms with Crippen molar-refractivity contribution in [2.24, 2.45) is 23.2 Å². The highest BCUT2D eigenvalue weighted by atomic mass is 16.6. The molecule has 0 unspecified atom stereocenters. The Morgan fingerprint density at radius 2 is 2.00 bits per heavy atom. The zero-order valence-corrected chi connectivity index (χ0v) is 19.1. The Hall–Kier alpha value is -1.85. The number of piperazine rings is 1. The van der Waals surface area contributed by atoms with E-state index < -0.39 is 6.10 Å². The highest BCUT2D eigenvalue weighted by Gasteiger charge is 2.59. The third-order valence-electron chi connectivity index (χ3n) is 8.76. The summed E-state index contributed by atoms with van der Waals surface area (Å²) in [5.74, 6) is 0.00589. The number of anilines is 1. The molecule has 0 aromatic heterocycles. The van der Waals surface area contributed by atoms with Gasteiger partial charge < -0.3 is 14.7 Å². The van der Waals surface area contributed by atoms with Crippen LogP contribution in [0.25, 0.3) is 0 Å². The molecule has 1 saturated carbocycles. The van der Waals surface area contributed by atoms with E-state index in [4.69, 9.17) is 4.74 Å². The van der Waals surface area contributed by atoms with Crippen molar-refractivity contribution in [3.8, 4) is 0 Å². The van der Waals surface area contributed by atoms with Gasteiger partial charge in [-0.3, -0.25) is 9.69 Å². The average molecular weight is 425 g/mol. The van der Waals surface area contributed by atoms with Crippen molar-refractivity contribution >= 4 is 11.7 Å². The molecule has 1 aromatic carbocycles. The van der Waals surface area contributed by atoms with Gasteiger partial charge in [0.1, 0.15) is 6.10 Å². The lowest BCUT2D eigenvalue weighted by molar-refractivity contribution is -0.145. The van der Waals surface area contributed by atoms with E-state index in [0.717, 1.165) is 45.4 Å². The monoisotopic (exact) mass is 424 g/mol. The number of ether oxygens (including phenoxy) is 1. The van der Waals surface area contributed by atoms with E-state index in [-0.39, 0.29) is 29.3 Å². The van der Waals surface area contributed by atoms with Gasteiger partial charge in [-0.15, -0.1) is 0 Å². The third-order valence-corrected chi connectivity index (χ3v) is 8.76. The molecule has 1 aromatic rings. The molecular weight excluding hydrogens is 388 g/mol. The Labute approximate surface area is 186 Å². The Morgan fingerprint density at radius 1 is 1.23 bits per heavy atom. The minimum atomic E-state index is -0.516. The number of rotatable bonds is 3. The van der Waals surface area contributed by atoms with Crippen LogP contribution in [-0.4, -0.2) is 60.9 Å². The van der Waals surface area contributed by atoms with Gasteiger partial charge in [-0.25, -0.2) is 0 Å². The maximum atomic E-state index is 12.9. The molecule has 0 bridgehead atoms. The molecule has 1 N–H and O–H groups in total. The molecule has 0 amide bonds. The first kappa shape index (κ1) is 21.0. The van der Waals surface area contributed by atoms with Crippen LogP contribution >= 0.6 is 0 Å². The molecule has 168 valence electrons. The van der Waals surface area contributed by atoms with Crippen LogP contribution in [0.2, 0.25) is 0 Å². The molecule has 5 nitrogen and oxygen atoms in total. The number of esters is 1. The van der Waals surface area contributed by atoms with Gasteiger partial charge >= 0.3 is 5.97 Å².